The topological polar surface area (TPSA) is 125 Å². The van der Waals surface area contributed by atoms with E-state index in [4.69, 9.17) is 39.0 Å². The third kappa shape index (κ3) is 26.0. The lowest BCUT2D eigenvalue weighted by molar-refractivity contribution is -0.225. The zero-order valence-corrected chi connectivity index (χ0v) is 27.1. The standard InChI is InChI=1S/C13H22F4O4.C11H20F4O3.C4H10O3/c1-3-12(14,15)9-13(16,17)5-4-6-19-7-10-8-20-11(18-2)21-10;1-2-10(12,13)8-11(14,15)4-3-5-18-7-9(17)6-16;1-6-4(3-5)7-2/h10-11H,3-9H2,1-2H3;9,16-17H,2-8H2,1H3;4-5H,3H2,1-2H3. The zero-order valence-electron chi connectivity index (χ0n) is 27.1. The Balaban J connectivity index is 0. The first kappa shape index (κ1) is 47.2. The highest BCUT2D eigenvalue weighted by atomic mass is 19.3. The molecule has 1 heterocycles. The molecule has 3 atom stereocenters. The van der Waals surface area contributed by atoms with E-state index in [0.29, 0.717) is 6.61 Å². The molecule has 0 aromatic carbocycles. The number of alkyl halides is 8. The highest BCUT2D eigenvalue weighted by Gasteiger charge is 2.42. The Hall–Kier alpha value is -0.960. The monoisotopic (exact) mass is 700 g/mol. The maximum atomic E-state index is 13.3. The number of aliphatic hydroxyl groups excluding tert-OH is 3. The first-order chi connectivity index (χ1) is 21.3. The molecule has 0 radical (unpaired) electrons. The lowest BCUT2D eigenvalue weighted by atomic mass is 10.0. The minimum absolute atomic E-state index is 0.00801. The smallest absolute Gasteiger partial charge is 0.271 e. The molecule has 0 aromatic rings. The summed E-state index contributed by atoms with van der Waals surface area (Å²) in [5, 5.41) is 25.6. The number of ether oxygens (including phenoxy) is 7. The Morgan fingerprint density at radius 1 is 0.739 bits per heavy atom. The molecule has 1 saturated heterocycles. The normalized spacial score (nSPS) is 18.2. The van der Waals surface area contributed by atoms with Crippen molar-refractivity contribution in [2.45, 2.75) is 114 Å². The van der Waals surface area contributed by atoms with E-state index in [1.807, 2.05) is 0 Å². The summed E-state index contributed by atoms with van der Waals surface area (Å²) in [6.45, 7) is 1.40. The molecule has 46 heavy (non-hydrogen) atoms. The van der Waals surface area contributed by atoms with Crippen molar-refractivity contribution in [2.75, 3.05) is 67.6 Å². The van der Waals surface area contributed by atoms with Crippen LogP contribution in [0.5, 0.6) is 0 Å². The van der Waals surface area contributed by atoms with Crippen molar-refractivity contribution in [1.82, 2.24) is 0 Å². The highest BCUT2D eigenvalue weighted by Crippen LogP contribution is 2.36. The van der Waals surface area contributed by atoms with E-state index < -0.39 is 87.7 Å². The van der Waals surface area contributed by atoms with Crippen LogP contribution in [-0.2, 0) is 33.2 Å². The number of aliphatic hydroxyl groups is 3. The second-order valence-electron chi connectivity index (χ2n) is 10.4. The summed E-state index contributed by atoms with van der Waals surface area (Å²) in [5.74, 6) is -13.5. The molecule has 1 aliphatic rings. The minimum Gasteiger partial charge on any atom is -0.394 e. The van der Waals surface area contributed by atoms with Gasteiger partial charge in [-0.2, -0.15) is 0 Å². The summed E-state index contributed by atoms with van der Waals surface area (Å²) in [4.78, 5) is 0. The number of halogens is 8. The Labute approximate surface area is 265 Å². The third-order valence-corrected chi connectivity index (χ3v) is 6.15. The van der Waals surface area contributed by atoms with Gasteiger partial charge in [0.05, 0.1) is 45.9 Å². The van der Waals surface area contributed by atoms with Gasteiger partial charge in [-0.05, 0) is 12.8 Å². The second kappa shape index (κ2) is 25.1. The van der Waals surface area contributed by atoms with E-state index in [0.717, 1.165) is 6.92 Å². The number of hydrogen-bond donors (Lipinski definition) is 3. The third-order valence-electron chi connectivity index (χ3n) is 6.15. The van der Waals surface area contributed by atoms with Gasteiger partial charge in [0.25, 0.3) is 30.2 Å². The van der Waals surface area contributed by atoms with Crippen LogP contribution in [0.2, 0.25) is 0 Å². The molecule has 10 nitrogen and oxygen atoms in total. The molecule has 0 bridgehead atoms. The number of hydrogen-bond acceptors (Lipinski definition) is 10. The maximum absolute atomic E-state index is 13.3. The van der Waals surface area contributed by atoms with E-state index in [1.54, 1.807) is 0 Å². The molecule has 1 aliphatic heterocycles. The summed E-state index contributed by atoms with van der Waals surface area (Å²) in [6.07, 6.45) is -7.24. The van der Waals surface area contributed by atoms with Crippen LogP contribution in [0.15, 0.2) is 0 Å². The van der Waals surface area contributed by atoms with E-state index >= 15 is 0 Å². The first-order valence-corrected chi connectivity index (χ1v) is 14.8. The Morgan fingerprint density at radius 3 is 1.57 bits per heavy atom. The minimum atomic E-state index is -3.42. The van der Waals surface area contributed by atoms with Crippen molar-refractivity contribution in [3.63, 3.8) is 0 Å². The fourth-order valence-corrected chi connectivity index (χ4v) is 3.41. The van der Waals surface area contributed by atoms with Gasteiger partial charge in [0, 0.05) is 60.2 Å². The maximum Gasteiger partial charge on any atom is 0.271 e. The quantitative estimate of drug-likeness (QED) is 0.0762. The van der Waals surface area contributed by atoms with E-state index in [9.17, 15) is 35.1 Å². The Kier molecular flexibility index (Phi) is 25.7. The molecular weight excluding hydrogens is 648 g/mol. The SMILES string of the molecule is CCC(F)(F)CC(F)(F)CCCOCC(O)CO.CCC(F)(F)CC(F)(F)CCCOCC1COC(OC)O1.COC(CO)OC. The number of methoxy groups -OCH3 is 3. The van der Waals surface area contributed by atoms with Crippen LogP contribution in [0, 0.1) is 0 Å². The molecule has 1 rings (SSSR count). The predicted octanol–water partition coefficient (Wildman–Crippen LogP) is 5.00. The summed E-state index contributed by atoms with van der Waals surface area (Å²) < 4.78 is 139. The lowest BCUT2D eigenvalue weighted by Crippen LogP contribution is -2.29. The number of rotatable bonds is 23. The van der Waals surface area contributed by atoms with Gasteiger partial charge in [-0.25, -0.2) is 35.1 Å². The van der Waals surface area contributed by atoms with Crippen LogP contribution in [0.3, 0.4) is 0 Å². The van der Waals surface area contributed by atoms with Gasteiger partial charge in [0.1, 0.15) is 12.2 Å². The van der Waals surface area contributed by atoms with Crippen molar-refractivity contribution in [1.29, 1.82) is 0 Å². The van der Waals surface area contributed by atoms with Crippen molar-refractivity contribution < 1.29 is 83.6 Å². The molecule has 0 spiro atoms. The highest BCUT2D eigenvalue weighted by molar-refractivity contribution is 4.77. The molecule has 0 amide bonds. The molecule has 0 aromatic heterocycles. The van der Waals surface area contributed by atoms with Gasteiger partial charge in [-0.15, -0.1) is 0 Å². The van der Waals surface area contributed by atoms with Crippen LogP contribution < -0.4 is 0 Å². The summed E-state index contributed by atoms with van der Waals surface area (Å²) in [5.41, 5.74) is 0. The molecule has 1 fully saturated rings. The lowest BCUT2D eigenvalue weighted by Gasteiger charge is -2.22. The molecule has 0 aliphatic carbocycles. The van der Waals surface area contributed by atoms with Gasteiger partial charge in [0.15, 0.2) is 6.29 Å². The average molecular weight is 701 g/mol. The van der Waals surface area contributed by atoms with Gasteiger partial charge >= 0.3 is 0 Å². The fourth-order valence-electron chi connectivity index (χ4n) is 3.41. The molecule has 3 N–H and O–H groups in total. The Morgan fingerprint density at radius 2 is 1.22 bits per heavy atom. The van der Waals surface area contributed by atoms with Crippen LogP contribution >= 0.6 is 0 Å². The van der Waals surface area contributed by atoms with E-state index in [2.05, 4.69) is 9.47 Å². The Bertz CT molecular complexity index is 716. The van der Waals surface area contributed by atoms with E-state index in [-0.39, 0.29) is 52.0 Å². The molecule has 280 valence electrons. The van der Waals surface area contributed by atoms with Crippen molar-refractivity contribution >= 4 is 0 Å². The van der Waals surface area contributed by atoms with Crippen LogP contribution in [-0.4, -0.2) is 132 Å². The van der Waals surface area contributed by atoms with Crippen LogP contribution in [0.4, 0.5) is 35.1 Å². The van der Waals surface area contributed by atoms with Gasteiger partial charge in [-0.3, -0.25) is 0 Å². The largest absolute Gasteiger partial charge is 0.394 e. The van der Waals surface area contributed by atoms with Crippen LogP contribution in [0.25, 0.3) is 0 Å². The fraction of sp³-hybridized carbons (Fsp3) is 1.00. The predicted molar refractivity (Wildman–Crippen MR) is 149 cm³/mol. The summed E-state index contributed by atoms with van der Waals surface area (Å²) in [6, 6.07) is 0. The van der Waals surface area contributed by atoms with Crippen molar-refractivity contribution in [3.05, 3.63) is 0 Å². The summed E-state index contributed by atoms with van der Waals surface area (Å²) >= 11 is 0. The van der Waals surface area contributed by atoms with Crippen LogP contribution in [0.1, 0.15) is 65.2 Å². The summed E-state index contributed by atoms with van der Waals surface area (Å²) in [7, 11) is 4.39. The van der Waals surface area contributed by atoms with Gasteiger partial charge in [0.2, 0.25) is 0 Å². The van der Waals surface area contributed by atoms with E-state index in [1.165, 1.54) is 28.3 Å². The van der Waals surface area contributed by atoms with Gasteiger partial charge < -0.3 is 48.5 Å². The van der Waals surface area contributed by atoms with Crippen molar-refractivity contribution in [2.24, 2.45) is 0 Å². The molecular formula is C28H52F8O10. The van der Waals surface area contributed by atoms with Crippen molar-refractivity contribution in [3.8, 4) is 0 Å². The average Bonchev–Trinajstić information content (AvgIpc) is 3.45. The zero-order chi connectivity index (χ0) is 35.9. The van der Waals surface area contributed by atoms with Gasteiger partial charge in [-0.1, -0.05) is 13.8 Å². The molecule has 18 heteroatoms. The second-order valence-corrected chi connectivity index (χ2v) is 10.4. The molecule has 0 saturated carbocycles. The first-order valence-electron chi connectivity index (χ1n) is 14.8. The molecule has 3 unspecified atom stereocenters.